The number of carbonyl (C=O) groups excluding carboxylic acids is 5. The maximum absolute atomic E-state index is 14.1. The molecular weight excluding hydrogens is 526 g/mol. The summed E-state index contributed by atoms with van der Waals surface area (Å²) in [4.78, 5) is 72.8. The normalized spacial score (nSPS) is 28.8. The van der Waals surface area contributed by atoms with E-state index in [1.807, 2.05) is 0 Å². The van der Waals surface area contributed by atoms with Gasteiger partial charge in [0.2, 0.25) is 5.91 Å². The summed E-state index contributed by atoms with van der Waals surface area (Å²) in [7, 11) is 3.56. The van der Waals surface area contributed by atoms with Crippen molar-refractivity contribution in [3.63, 3.8) is 0 Å². The molecule has 0 aliphatic heterocycles. The number of carbonyl (C=O) groups is 5. The SMILES string of the molecule is CC(C)[C@@H]1C(=O)C(C(N)=O)C(=O)[C@@]2(O)C(=O)C3C(=O)c4c(O)c(C#Cc5cccnc5)cc(N(C)C)c4C[C@H]3C[C@@H]12. The van der Waals surface area contributed by atoms with E-state index in [1.165, 1.54) is 0 Å². The highest BCUT2D eigenvalue weighted by Gasteiger charge is 2.69. The maximum atomic E-state index is 14.1. The molecule has 6 atom stereocenters. The predicted octanol–water partition coefficient (Wildman–Crippen LogP) is 1.07. The standard InChI is InChI=1S/C31H31N3O7/c1-14(2)21-19-11-17-10-18-20(34(3)4)12-16(8-7-15-6-5-9-33-13-15)25(35)23(18)27(37)22(17)28(38)31(19,41)29(39)24(26(21)36)30(32)40/h5-6,9,12-14,17,19,21-22,24,35,41H,10-11H2,1-4H3,(H2,32,40)/t17-,19-,21-,22?,24?,31-/m0/s1. The number of amides is 1. The van der Waals surface area contributed by atoms with E-state index in [0.29, 0.717) is 16.8 Å². The molecule has 2 aromatic rings. The van der Waals surface area contributed by atoms with E-state index in [1.54, 1.807) is 63.4 Å². The number of aliphatic hydroxyl groups is 1. The van der Waals surface area contributed by atoms with Gasteiger partial charge in [-0.05, 0) is 48.4 Å². The summed E-state index contributed by atoms with van der Waals surface area (Å²) in [5, 5.41) is 23.0. The summed E-state index contributed by atoms with van der Waals surface area (Å²) in [5.41, 5.74) is 4.47. The Bertz CT molecular complexity index is 1570. The number of aromatic hydroxyl groups is 1. The Balaban J connectivity index is 1.65. The van der Waals surface area contributed by atoms with Crippen molar-refractivity contribution in [2.24, 2.45) is 41.2 Å². The van der Waals surface area contributed by atoms with Gasteiger partial charge in [-0.25, -0.2) is 0 Å². The Morgan fingerprint density at radius 1 is 1.17 bits per heavy atom. The van der Waals surface area contributed by atoms with Crippen LogP contribution in [0.4, 0.5) is 5.69 Å². The van der Waals surface area contributed by atoms with Crippen molar-refractivity contribution in [3.8, 4) is 17.6 Å². The smallest absolute Gasteiger partial charge is 0.235 e. The monoisotopic (exact) mass is 557 g/mol. The van der Waals surface area contributed by atoms with Gasteiger partial charge >= 0.3 is 0 Å². The minimum atomic E-state index is -2.73. The second-order valence-corrected chi connectivity index (χ2v) is 11.7. The number of aromatic nitrogens is 1. The van der Waals surface area contributed by atoms with Crippen molar-refractivity contribution in [3.05, 3.63) is 52.8 Å². The fraction of sp³-hybridized carbons (Fsp3) is 0.419. The van der Waals surface area contributed by atoms with E-state index < -0.39 is 75.9 Å². The zero-order chi connectivity index (χ0) is 30.0. The summed E-state index contributed by atoms with van der Waals surface area (Å²) < 4.78 is 0. The van der Waals surface area contributed by atoms with Crippen LogP contribution in [0.3, 0.4) is 0 Å². The van der Waals surface area contributed by atoms with Crippen molar-refractivity contribution < 1.29 is 34.2 Å². The lowest BCUT2D eigenvalue weighted by Crippen LogP contribution is -2.71. The van der Waals surface area contributed by atoms with E-state index in [2.05, 4.69) is 16.8 Å². The van der Waals surface area contributed by atoms with Crippen molar-refractivity contribution in [1.29, 1.82) is 0 Å². The number of primary amides is 1. The lowest BCUT2D eigenvalue weighted by atomic mass is 9.49. The maximum Gasteiger partial charge on any atom is 0.235 e. The van der Waals surface area contributed by atoms with E-state index >= 15 is 0 Å². The first-order valence-electron chi connectivity index (χ1n) is 13.5. The third-order valence-corrected chi connectivity index (χ3v) is 8.77. The van der Waals surface area contributed by atoms with E-state index in [4.69, 9.17) is 5.73 Å². The number of phenolic OH excluding ortho intramolecular Hbond substituents is 1. The average molecular weight is 558 g/mol. The molecule has 1 aromatic heterocycles. The Hall–Kier alpha value is -4.36. The van der Waals surface area contributed by atoms with Crippen LogP contribution in [-0.4, -0.2) is 63.9 Å². The quantitative estimate of drug-likeness (QED) is 0.369. The van der Waals surface area contributed by atoms with Gasteiger partial charge in [-0.1, -0.05) is 25.7 Å². The molecule has 1 heterocycles. The van der Waals surface area contributed by atoms with Gasteiger partial charge in [-0.3, -0.25) is 29.0 Å². The average Bonchev–Trinajstić information content (AvgIpc) is 2.90. The van der Waals surface area contributed by atoms with Crippen LogP contribution in [0.25, 0.3) is 0 Å². The number of phenols is 1. The molecule has 2 unspecified atom stereocenters. The number of Topliss-reactive ketones (excluding diaryl/α,β-unsaturated/α-hetero) is 4. The van der Waals surface area contributed by atoms with E-state index in [-0.39, 0.29) is 24.0 Å². The minimum absolute atomic E-state index is 0.0279. The zero-order valence-corrected chi connectivity index (χ0v) is 23.2. The first-order chi connectivity index (χ1) is 19.3. The number of ketones is 4. The number of rotatable bonds is 3. The van der Waals surface area contributed by atoms with Gasteiger partial charge in [0, 0.05) is 49.6 Å². The number of anilines is 1. The summed E-state index contributed by atoms with van der Waals surface area (Å²) in [6.07, 6.45) is 3.37. The molecule has 3 aliphatic rings. The summed E-state index contributed by atoms with van der Waals surface area (Å²) in [6, 6.07) is 5.13. The number of benzene rings is 1. The molecule has 1 aromatic carbocycles. The van der Waals surface area contributed by atoms with Crippen LogP contribution in [-0.2, 0) is 25.6 Å². The predicted molar refractivity (Wildman–Crippen MR) is 147 cm³/mol. The second kappa shape index (κ2) is 9.93. The molecule has 2 fully saturated rings. The van der Waals surface area contributed by atoms with Gasteiger partial charge in [0.15, 0.2) is 34.7 Å². The summed E-state index contributed by atoms with van der Waals surface area (Å²) in [5.74, 6) is -6.17. The highest BCUT2D eigenvalue weighted by atomic mass is 16.3. The van der Waals surface area contributed by atoms with Crippen molar-refractivity contribution in [1.82, 2.24) is 4.98 Å². The Morgan fingerprint density at radius 3 is 2.46 bits per heavy atom. The fourth-order valence-electron chi connectivity index (χ4n) is 6.97. The van der Waals surface area contributed by atoms with Gasteiger partial charge in [0.1, 0.15) is 5.75 Å². The Labute approximate surface area is 236 Å². The molecule has 3 aliphatic carbocycles. The molecule has 5 rings (SSSR count). The molecular formula is C31H31N3O7. The largest absolute Gasteiger partial charge is 0.506 e. The van der Waals surface area contributed by atoms with Gasteiger partial charge in [-0.15, -0.1) is 0 Å². The first-order valence-corrected chi connectivity index (χ1v) is 13.5. The minimum Gasteiger partial charge on any atom is -0.506 e. The molecule has 41 heavy (non-hydrogen) atoms. The summed E-state index contributed by atoms with van der Waals surface area (Å²) in [6.45, 7) is 3.43. The van der Waals surface area contributed by atoms with E-state index in [9.17, 15) is 34.2 Å². The molecule has 0 spiro atoms. The third kappa shape index (κ3) is 4.15. The van der Waals surface area contributed by atoms with Crippen molar-refractivity contribution in [2.45, 2.75) is 32.3 Å². The molecule has 4 N–H and O–H groups in total. The lowest BCUT2D eigenvalue weighted by molar-refractivity contribution is -0.182. The van der Waals surface area contributed by atoms with Crippen LogP contribution in [0, 0.1) is 47.3 Å². The van der Waals surface area contributed by atoms with E-state index in [0.717, 1.165) is 0 Å². The van der Waals surface area contributed by atoms with Gasteiger partial charge < -0.3 is 20.8 Å². The van der Waals surface area contributed by atoms with Crippen molar-refractivity contribution >= 4 is 34.7 Å². The van der Waals surface area contributed by atoms with Crippen molar-refractivity contribution in [2.75, 3.05) is 19.0 Å². The zero-order valence-electron chi connectivity index (χ0n) is 23.2. The molecule has 10 nitrogen and oxygen atoms in total. The third-order valence-electron chi connectivity index (χ3n) is 8.77. The molecule has 1 amide bonds. The molecule has 2 saturated carbocycles. The highest BCUT2D eigenvalue weighted by molar-refractivity contribution is 6.32. The van der Waals surface area contributed by atoms with Crippen LogP contribution in [0.1, 0.15) is 47.3 Å². The van der Waals surface area contributed by atoms with Crippen LogP contribution >= 0.6 is 0 Å². The topological polar surface area (TPSA) is 168 Å². The fourth-order valence-corrected chi connectivity index (χ4v) is 6.97. The number of nitrogens with zero attached hydrogens (tertiary/aromatic N) is 2. The number of fused-ring (bicyclic) bond motifs is 3. The summed E-state index contributed by atoms with van der Waals surface area (Å²) >= 11 is 0. The molecule has 212 valence electrons. The Morgan fingerprint density at radius 2 is 1.88 bits per heavy atom. The number of pyridine rings is 1. The van der Waals surface area contributed by atoms with Crippen LogP contribution in [0.15, 0.2) is 30.6 Å². The number of nitrogens with two attached hydrogens (primary N) is 1. The van der Waals surface area contributed by atoms with Crippen LogP contribution in [0.5, 0.6) is 5.75 Å². The van der Waals surface area contributed by atoms with Crippen LogP contribution < -0.4 is 10.6 Å². The second-order valence-electron chi connectivity index (χ2n) is 11.7. The lowest BCUT2D eigenvalue weighted by Gasteiger charge is -2.52. The molecule has 0 radical (unpaired) electrons. The van der Waals surface area contributed by atoms with Gasteiger partial charge in [0.05, 0.1) is 17.0 Å². The molecule has 10 heteroatoms. The van der Waals surface area contributed by atoms with Crippen LogP contribution in [0.2, 0.25) is 0 Å². The number of hydrogen-bond donors (Lipinski definition) is 3. The first kappa shape index (κ1) is 28.2. The van der Waals surface area contributed by atoms with Gasteiger partial charge in [-0.2, -0.15) is 0 Å². The molecule has 0 bridgehead atoms. The Kier molecular flexibility index (Phi) is 6.82. The number of hydrogen-bond acceptors (Lipinski definition) is 9. The highest BCUT2D eigenvalue weighted by Crippen LogP contribution is 2.54. The molecule has 0 saturated heterocycles. The van der Waals surface area contributed by atoms with Gasteiger partial charge in [0.25, 0.3) is 0 Å².